The Morgan fingerprint density at radius 1 is 1.18 bits per heavy atom. The number of nitrogens with zero attached hydrogens (tertiary/aromatic N) is 2. The minimum Gasteiger partial charge on any atom is -0.421 e. The average molecular weight is 315 g/mol. The second-order valence-electron chi connectivity index (χ2n) is 4.13. The molecular weight excluding hydrogens is 306 g/mol. The molecule has 0 atom stereocenters. The summed E-state index contributed by atoms with van der Waals surface area (Å²) in [4.78, 5) is 18.4. The summed E-state index contributed by atoms with van der Waals surface area (Å²) in [5.41, 5.74) is -0.0323. The molecule has 0 fully saturated rings. The fourth-order valence-electron chi connectivity index (χ4n) is 1.45. The summed E-state index contributed by atoms with van der Waals surface area (Å²) in [5, 5.41) is 1.99. The molecule has 0 aliphatic heterocycles. The third-order valence-electron chi connectivity index (χ3n) is 2.31. The molecule has 1 amide bonds. The molecule has 1 aromatic heterocycles. The Bertz CT molecular complexity index is 659. The molecule has 2 rings (SSSR count). The van der Waals surface area contributed by atoms with Crippen molar-refractivity contribution in [1.29, 1.82) is 0 Å². The molecule has 2 aromatic rings. The van der Waals surface area contributed by atoms with Crippen LogP contribution in [0.3, 0.4) is 0 Å². The average Bonchev–Trinajstić information content (AvgIpc) is 2.41. The van der Waals surface area contributed by atoms with Crippen LogP contribution in [0.2, 0.25) is 0 Å². The molecule has 0 aliphatic carbocycles. The van der Waals surface area contributed by atoms with Gasteiger partial charge in [0.2, 0.25) is 5.91 Å². The van der Waals surface area contributed by atoms with Crippen molar-refractivity contribution in [3.8, 4) is 11.8 Å². The fraction of sp³-hybridized carbons (Fsp3) is 0.154. The quantitative estimate of drug-likeness (QED) is 0.879. The smallest absolute Gasteiger partial charge is 0.397 e. The highest BCUT2D eigenvalue weighted by Gasteiger charge is 2.31. The van der Waals surface area contributed by atoms with E-state index in [0.717, 1.165) is 12.4 Å². The molecule has 0 aliphatic rings. The zero-order valence-corrected chi connectivity index (χ0v) is 10.9. The topological polar surface area (TPSA) is 64.1 Å². The second kappa shape index (κ2) is 6.37. The first-order valence-electron chi connectivity index (χ1n) is 5.94. The van der Waals surface area contributed by atoms with Gasteiger partial charge in [-0.3, -0.25) is 4.79 Å². The van der Waals surface area contributed by atoms with Gasteiger partial charge in [-0.2, -0.15) is 13.2 Å². The van der Waals surface area contributed by atoms with Crippen LogP contribution in [0.5, 0.6) is 11.8 Å². The third kappa shape index (κ3) is 4.69. The van der Waals surface area contributed by atoms with Crippen LogP contribution in [0, 0.1) is 5.82 Å². The zero-order chi connectivity index (χ0) is 16.2. The molecule has 5 nitrogen and oxygen atoms in total. The first kappa shape index (κ1) is 15.7. The van der Waals surface area contributed by atoms with Gasteiger partial charge in [0.25, 0.3) is 0 Å². The van der Waals surface area contributed by atoms with Gasteiger partial charge < -0.3 is 10.1 Å². The van der Waals surface area contributed by atoms with Crippen LogP contribution in [0.4, 0.5) is 23.2 Å². The standard InChI is InChI=1S/C13H9F4N3O2/c14-9-3-1-2-4-10(9)22-12-18-6-8(7-19-12)20-11(21)5-13(15,16)17/h1-4,6-7H,5H2,(H,20,21). The number of carbonyl (C=O) groups is 1. The van der Waals surface area contributed by atoms with Gasteiger partial charge in [-0.1, -0.05) is 12.1 Å². The lowest BCUT2D eigenvalue weighted by Gasteiger charge is -2.08. The van der Waals surface area contributed by atoms with Crippen LogP contribution in [0.25, 0.3) is 0 Å². The molecule has 9 heteroatoms. The van der Waals surface area contributed by atoms with E-state index in [0.29, 0.717) is 0 Å². The Kier molecular flexibility index (Phi) is 4.54. The largest absolute Gasteiger partial charge is 0.421 e. The van der Waals surface area contributed by atoms with E-state index in [-0.39, 0.29) is 17.4 Å². The highest BCUT2D eigenvalue weighted by Crippen LogP contribution is 2.22. The van der Waals surface area contributed by atoms with Gasteiger partial charge in [-0.15, -0.1) is 0 Å². The number of alkyl halides is 3. The first-order chi connectivity index (χ1) is 10.3. The van der Waals surface area contributed by atoms with E-state index in [1.807, 2.05) is 5.32 Å². The van der Waals surface area contributed by atoms with E-state index in [9.17, 15) is 22.4 Å². The molecule has 0 saturated carbocycles. The number of anilines is 1. The van der Waals surface area contributed by atoms with Crippen molar-refractivity contribution in [3.63, 3.8) is 0 Å². The Morgan fingerprint density at radius 3 is 2.41 bits per heavy atom. The number of amides is 1. The van der Waals surface area contributed by atoms with Crippen molar-refractivity contribution < 1.29 is 27.1 Å². The number of benzene rings is 1. The highest BCUT2D eigenvalue weighted by atomic mass is 19.4. The second-order valence-corrected chi connectivity index (χ2v) is 4.13. The van der Waals surface area contributed by atoms with Crippen LogP contribution in [-0.2, 0) is 4.79 Å². The van der Waals surface area contributed by atoms with Crippen molar-refractivity contribution in [3.05, 3.63) is 42.5 Å². The first-order valence-corrected chi connectivity index (χ1v) is 5.94. The molecule has 0 saturated heterocycles. The molecule has 0 bridgehead atoms. The number of aromatic nitrogens is 2. The Labute approximate surface area is 122 Å². The number of nitrogens with one attached hydrogen (secondary N) is 1. The SMILES string of the molecule is O=C(CC(F)(F)F)Nc1cnc(Oc2ccccc2F)nc1. The highest BCUT2D eigenvalue weighted by molar-refractivity contribution is 5.90. The zero-order valence-electron chi connectivity index (χ0n) is 10.9. The van der Waals surface area contributed by atoms with Gasteiger partial charge in [0.05, 0.1) is 18.1 Å². The maximum atomic E-state index is 13.3. The Balaban J connectivity index is 1.99. The number of carbonyl (C=O) groups excluding carboxylic acids is 1. The van der Waals surface area contributed by atoms with Crippen LogP contribution < -0.4 is 10.1 Å². The molecule has 1 heterocycles. The number of rotatable bonds is 4. The van der Waals surface area contributed by atoms with Crippen LogP contribution in [0.1, 0.15) is 6.42 Å². The van der Waals surface area contributed by atoms with Crippen LogP contribution in [-0.4, -0.2) is 22.1 Å². The predicted molar refractivity (Wildman–Crippen MR) is 67.8 cm³/mol. The minimum atomic E-state index is -4.60. The van der Waals surface area contributed by atoms with E-state index < -0.39 is 24.3 Å². The van der Waals surface area contributed by atoms with Crippen molar-refractivity contribution >= 4 is 11.6 Å². The van der Waals surface area contributed by atoms with Gasteiger partial charge in [0, 0.05) is 0 Å². The van der Waals surface area contributed by atoms with E-state index in [2.05, 4.69) is 9.97 Å². The molecular formula is C13H9F4N3O2. The van der Waals surface area contributed by atoms with Gasteiger partial charge >= 0.3 is 12.2 Å². The summed E-state index contributed by atoms with van der Waals surface area (Å²) in [6, 6.07) is 5.35. The summed E-state index contributed by atoms with van der Waals surface area (Å²) in [7, 11) is 0. The number of hydrogen-bond donors (Lipinski definition) is 1. The maximum absolute atomic E-state index is 13.3. The van der Waals surface area contributed by atoms with Crippen molar-refractivity contribution in [2.75, 3.05) is 5.32 Å². The molecule has 0 unspecified atom stereocenters. The molecule has 1 aromatic carbocycles. The normalized spacial score (nSPS) is 11.1. The summed E-state index contributed by atoms with van der Waals surface area (Å²) >= 11 is 0. The third-order valence-corrected chi connectivity index (χ3v) is 2.31. The Morgan fingerprint density at radius 2 is 1.82 bits per heavy atom. The van der Waals surface area contributed by atoms with Crippen molar-refractivity contribution in [1.82, 2.24) is 9.97 Å². The number of para-hydroxylation sites is 1. The summed E-state index contributed by atoms with van der Waals surface area (Å²) in [6.45, 7) is 0. The molecule has 116 valence electrons. The number of halogens is 4. The lowest BCUT2D eigenvalue weighted by molar-refractivity contribution is -0.150. The summed E-state index contributed by atoms with van der Waals surface area (Å²) in [6.07, 6.45) is -4.10. The van der Waals surface area contributed by atoms with E-state index in [1.165, 1.54) is 18.2 Å². The van der Waals surface area contributed by atoms with Crippen molar-refractivity contribution in [2.45, 2.75) is 12.6 Å². The van der Waals surface area contributed by atoms with Gasteiger partial charge in [-0.05, 0) is 12.1 Å². The van der Waals surface area contributed by atoms with E-state index in [1.54, 1.807) is 6.07 Å². The van der Waals surface area contributed by atoms with Crippen LogP contribution in [0.15, 0.2) is 36.7 Å². The number of hydrogen-bond acceptors (Lipinski definition) is 4. The van der Waals surface area contributed by atoms with Crippen LogP contribution >= 0.6 is 0 Å². The minimum absolute atomic E-state index is 0.0323. The van der Waals surface area contributed by atoms with Crippen molar-refractivity contribution in [2.24, 2.45) is 0 Å². The molecule has 22 heavy (non-hydrogen) atoms. The van der Waals surface area contributed by atoms with Gasteiger partial charge in [-0.25, -0.2) is 14.4 Å². The predicted octanol–water partition coefficient (Wildman–Crippen LogP) is 3.30. The Hall–Kier alpha value is -2.71. The van der Waals surface area contributed by atoms with E-state index in [4.69, 9.17) is 4.74 Å². The lowest BCUT2D eigenvalue weighted by Crippen LogP contribution is -2.21. The summed E-state index contributed by atoms with van der Waals surface area (Å²) < 4.78 is 54.4. The number of ether oxygens (including phenoxy) is 1. The van der Waals surface area contributed by atoms with Gasteiger partial charge in [0.15, 0.2) is 11.6 Å². The molecule has 1 N–H and O–H groups in total. The maximum Gasteiger partial charge on any atom is 0.397 e. The lowest BCUT2D eigenvalue weighted by atomic mass is 10.3. The summed E-state index contributed by atoms with van der Waals surface area (Å²) in [5.74, 6) is -1.95. The monoisotopic (exact) mass is 315 g/mol. The van der Waals surface area contributed by atoms with E-state index >= 15 is 0 Å². The molecule has 0 spiro atoms. The fourth-order valence-corrected chi connectivity index (χ4v) is 1.45. The molecule has 0 radical (unpaired) electrons. The van der Waals surface area contributed by atoms with Gasteiger partial charge in [0.1, 0.15) is 6.42 Å².